The van der Waals surface area contributed by atoms with Crippen LogP contribution >= 0.6 is 15.9 Å². The zero-order chi connectivity index (χ0) is 15.5. The van der Waals surface area contributed by atoms with Crippen molar-refractivity contribution in [3.8, 4) is 0 Å². The van der Waals surface area contributed by atoms with E-state index < -0.39 is 6.09 Å². The molecule has 0 fully saturated rings. The Morgan fingerprint density at radius 3 is 2.91 bits per heavy atom. The average Bonchev–Trinajstić information content (AvgIpc) is 2.52. The summed E-state index contributed by atoms with van der Waals surface area (Å²) in [4.78, 5) is 29.4. The van der Waals surface area contributed by atoms with Gasteiger partial charge < -0.3 is 10.1 Å². The largest absolute Gasteiger partial charge is 0.444 e. The summed E-state index contributed by atoms with van der Waals surface area (Å²) >= 11 is 3.28. The minimum absolute atomic E-state index is 0.116. The second-order valence-electron chi connectivity index (χ2n) is 4.70. The first-order chi connectivity index (χ1) is 10.6. The van der Waals surface area contributed by atoms with Gasteiger partial charge in [-0.3, -0.25) is 9.69 Å². The molecule has 112 valence electrons. The molecule has 1 aliphatic rings. The maximum Gasteiger partial charge on any atom is 0.416 e. The highest BCUT2D eigenvalue weighted by Crippen LogP contribution is 2.30. The van der Waals surface area contributed by atoms with Crippen LogP contribution in [0.15, 0.2) is 47.1 Å². The van der Waals surface area contributed by atoms with Crippen molar-refractivity contribution in [2.75, 3.05) is 16.8 Å². The predicted octanol–water partition coefficient (Wildman–Crippen LogP) is 2.94. The van der Waals surface area contributed by atoms with Crippen LogP contribution in [0.2, 0.25) is 0 Å². The van der Waals surface area contributed by atoms with E-state index in [-0.39, 0.29) is 19.1 Å². The normalized spacial score (nSPS) is 13.3. The maximum atomic E-state index is 12.2. The highest BCUT2D eigenvalue weighted by Gasteiger charge is 2.29. The van der Waals surface area contributed by atoms with E-state index in [9.17, 15) is 9.59 Å². The quantitative estimate of drug-likeness (QED) is 0.892. The average molecular weight is 362 g/mol. The Labute approximate surface area is 135 Å². The van der Waals surface area contributed by atoms with Crippen LogP contribution in [0.25, 0.3) is 0 Å². The van der Waals surface area contributed by atoms with Gasteiger partial charge >= 0.3 is 6.09 Å². The number of nitrogens with zero attached hydrogens (tertiary/aromatic N) is 2. The van der Waals surface area contributed by atoms with Crippen LogP contribution < -0.4 is 10.2 Å². The number of aromatic nitrogens is 1. The fraction of sp³-hybridized carbons (Fsp3) is 0.133. The van der Waals surface area contributed by atoms with Crippen LogP contribution in [0.5, 0.6) is 0 Å². The van der Waals surface area contributed by atoms with E-state index in [0.29, 0.717) is 16.0 Å². The molecular formula is C15H12BrN3O3. The molecule has 22 heavy (non-hydrogen) atoms. The molecule has 7 heteroatoms. The number of carbonyl (C=O) groups is 2. The first kappa shape index (κ1) is 14.5. The van der Waals surface area contributed by atoms with E-state index in [1.54, 1.807) is 12.3 Å². The summed E-state index contributed by atoms with van der Waals surface area (Å²) < 4.78 is 5.97. The highest BCUT2D eigenvalue weighted by atomic mass is 79.9. The van der Waals surface area contributed by atoms with Crippen molar-refractivity contribution >= 4 is 39.4 Å². The Kier molecular flexibility index (Phi) is 4.06. The zero-order valence-electron chi connectivity index (χ0n) is 11.5. The maximum absolute atomic E-state index is 12.2. The molecule has 1 N–H and O–H groups in total. The molecule has 0 atom stereocenters. The summed E-state index contributed by atoms with van der Waals surface area (Å²) in [5.74, 6) is 0.0879. The number of hydrogen-bond acceptors (Lipinski definition) is 4. The van der Waals surface area contributed by atoms with E-state index in [0.717, 1.165) is 5.56 Å². The molecule has 0 unspecified atom stereocenters. The first-order valence-electron chi connectivity index (χ1n) is 6.57. The molecule has 2 aromatic rings. The second kappa shape index (κ2) is 6.15. The zero-order valence-corrected chi connectivity index (χ0v) is 13.0. The van der Waals surface area contributed by atoms with Crippen LogP contribution in [0.1, 0.15) is 5.56 Å². The van der Waals surface area contributed by atoms with Crippen LogP contribution in [0.3, 0.4) is 0 Å². The fourth-order valence-electron chi connectivity index (χ4n) is 2.10. The van der Waals surface area contributed by atoms with E-state index in [2.05, 4.69) is 26.2 Å². The Morgan fingerprint density at radius 2 is 2.14 bits per heavy atom. The molecule has 1 aliphatic heterocycles. The van der Waals surface area contributed by atoms with Crippen molar-refractivity contribution in [2.24, 2.45) is 0 Å². The van der Waals surface area contributed by atoms with Crippen molar-refractivity contribution < 1.29 is 14.3 Å². The Morgan fingerprint density at radius 1 is 1.36 bits per heavy atom. The molecule has 0 radical (unpaired) electrons. The molecule has 2 heterocycles. The van der Waals surface area contributed by atoms with Gasteiger partial charge in [0.2, 0.25) is 5.91 Å². The minimum Gasteiger partial charge on any atom is -0.444 e. The standard InChI is InChI=1S/C15H12BrN3O3/c16-11-6-12-14(17-7-11)19(8-13(20)18-12)15(21)22-9-10-4-2-1-3-5-10/h1-7H,8-9H2,(H,18,20). The Bertz CT molecular complexity index is 721. The van der Waals surface area contributed by atoms with Gasteiger partial charge in [-0.05, 0) is 27.6 Å². The van der Waals surface area contributed by atoms with E-state index in [1.165, 1.54) is 4.90 Å². The van der Waals surface area contributed by atoms with E-state index in [4.69, 9.17) is 4.74 Å². The number of hydrogen-bond donors (Lipinski definition) is 1. The SMILES string of the molecule is O=C1CN(C(=O)OCc2ccccc2)c2ncc(Br)cc2N1. The lowest BCUT2D eigenvalue weighted by Crippen LogP contribution is -2.43. The van der Waals surface area contributed by atoms with Gasteiger partial charge in [-0.2, -0.15) is 0 Å². The third-order valence-electron chi connectivity index (χ3n) is 3.09. The molecular weight excluding hydrogens is 350 g/mol. The van der Waals surface area contributed by atoms with Gasteiger partial charge in [-0.1, -0.05) is 30.3 Å². The molecule has 1 aromatic carbocycles. The van der Waals surface area contributed by atoms with Crippen molar-refractivity contribution in [1.82, 2.24) is 4.98 Å². The third kappa shape index (κ3) is 3.09. The second-order valence-corrected chi connectivity index (χ2v) is 5.61. The summed E-state index contributed by atoms with van der Waals surface area (Å²) in [6.45, 7) is 0.0267. The fourth-order valence-corrected chi connectivity index (χ4v) is 2.43. The summed E-state index contributed by atoms with van der Waals surface area (Å²) in [6.07, 6.45) is 0.961. The molecule has 6 nitrogen and oxygen atoms in total. The van der Waals surface area contributed by atoms with Gasteiger partial charge in [-0.15, -0.1) is 0 Å². The minimum atomic E-state index is -0.602. The number of carbonyl (C=O) groups excluding carboxylic acids is 2. The van der Waals surface area contributed by atoms with Gasteiger partial charge in [0.1, 0.15) is 13.2 Å². The van der Waals surface area contributed by atoms with E-state index in [1.807, 2.05) is 30.3 Å². The smallest absolute Gasteiger partial charge is 0.416 e. The number of nitrogens with one attached hydrogen (secondary N) is 1. The number of fused-ring (bicyclic) bond motifs is 1. The van der Waals surface area contributed by atoms with Crippen molar-refractivity contribution in [1.29, 1.82) is 0 Å². The number of amides is 2. The van der Waals surface area contributed by atoms with Gasteiger partial charge in [0.25, 0.3) is 0 Å². The molecule has 0 saturated carbocycles. The molecule has 0 spiro atoms. The van der Waals surface area contributed by atoms with Crippen LogP contribution in [-0.2, 0) is 16.1 Å². The number of pyridine rings is 1. The highest BCUT2D eigenvalue weighted by molar-refractivity contribution is 9.10. The topological polar surface area (TPSA) is 71.5 Å². The van der Waals surface area contributed by atoms with Crippen LogP contribution in [0, 0.1) is 0 Å². The lowest BCUT2D eigenvalue weighted by Gasteiger charge is -2.27. The van der Waals surface area contributed by atoms with Gasteiger partial charge in [-0.25, -0.2) is 9.78 Å². The molecule has 2 amide bonds. The number of benzene rings is 1. The number of ether oxygens (including phenoxy) is 1. The van der Waals surface area contributed by atoms with Crippen molar-refractivity contribution in [3.63, 3.8) is 0 Å². The molecule has 3 rings (SSSR count). The number of anilines is 2. The third-order valence-corrected chi connectivity index (χ3v) is 3.52. The van der Waals surface area contributed by atoms with Crippen LogP contribution in [0.4, 0.5) is 16.3 Å². The lowest BCUT2D eigenvalue weighted by molar-refractivity contribution is -0.115. The Balaban J connectivity index is 1.77. The predicted molar refractivity (Wildman–Crippen MR) is 84.5 cm³/mol. The van der Waals surface area contributed by atoms with Gasteiger partial charge in [0.05, 0.1) is 5.69 Å². The number of halogens is 1. The van der Waals surface area contributed by atoms with Crippen molar-refractivity contribution in [2.45, 2.75) is 6.61 Å². The number of rotatable bonds is 2. The monoisotopic (exact) mass is 361 g/mol. The Hall–Kier alpha value is -2.41. The molecule has 0 bridgehead atoms. The first-order valence-corrected chi connectivity index (χ1v) is 7.36. The summed E-state index contributed by atoms with van der Waals surface area (Å²) in [5.41, 5.74) is 1.35. The lowest BCUT2D eigenvalue weighted by atomic mass is 10.2. The summed E-state index contributed by atoms with van der Waals surface area (Å²) in [7, 11) is 0. The molecule has 0 saturated heterocycles. The molecule has 0 aliphatic carbocycles. The summed E-state index contributed by atoms with van der Waals surface area (Å²) in [6, 6.07) is 11.0. The van der Waals surface area contributed by atoms with Crippen LogP contribution in [-0.4, -0.2) is 23.5 Å². The molecule has 1 aromatic heterocycles. The van der Waals surface area contributed by atoms with Crippen molar-refractivity contribution in [3.05, 3.63) is 52.6 Å². The van der Waals surface area contributed by atoms with E-state index >= 15 is 0 Å². The summed E-state index contributed by atoms with van der Waals surface area (Å²) in [5, 5.41) is 2.68. The van der Waals surface area contributed by atoms with Gasteiger partial charge in [0, 0.05) is 10.7 Å². The van der Waals surface area contributed by atoms with Gasteiger partial charge in [0.15, 0.2) is 5.82 Å².